The van der Waals surface area contributed by atoms with Crippen LogP contribution in [0.5, 0.6) is 11.5 Å². The lowest BCUT2D eigenvalue weighted by Gasteiger charge is -2.18. The largest absolute Gasteiger partial charge is 0.497 e. The van der Waals surface area contributed by atoms with Crippen molar-refractivity contribution in [3.63, 3.8) is 0 Å². The molecule has 8 nitrogen and oxygen atoms in total. The SMILES string of the molecule is COc1cc(OC)cc(-c2nn(-c3cc(NCCCC(=O)O)ccc3C(F)(F)F)c(=O)c3c2CCC3)c1. The number of benzene rings is 2. The monoisotopic (exact) mass is 517 g/mol. The topological polar surface area (TPSA) is 103 Å². The molecule has 2 N–H and O–H groups in total. The predicted octanol–water partition coefficient (Wildman–Crippen LogP) is 4.70. The molecule has 0 saturated heterocycles. The van der Waals surface area contributed by atoms with Crippen LogP contribution in [0.1, 0.15) is 36.0 Å². The van der Waals surface area contributed by atoms with Crippen LogP contribution in [0.2, 0.25) is 0 Å². The number of halogens is 3. The zero-order valence-electron chi connectivity index (χ0n) is 20.3. The van der Waals surface area contributed by atoms with Crippen molar-refractivity contribution >= 4 is 11.7 Å². The number of hydrogen-bond donors (Lipinski definition) is 2. The number of anilines is 1. The maximum atomic E-state index is 14.0. The first-order valence-electron chi connectivity index (χ1n) is 11.7. The molecule has 0 bridgehead atoms. The average Bonchev–Trinajstić information content (AvgIpc) is 3.36. The van der Waals surface area contributed by atoms with Gasteiger partial charge in [-0.3, -0.25) is 9.59 Å². The van der Waals surface area contributed by atoms with Crippen LogP contribution in [0.4, 0.5) is 18.9 Å². The number of aromatic nitrogens is 2. The number of fused-ring (bicyclic) bond motifs is 1. The Morgan fingerprint density at radius 2 is 1.76 bits per heavy atom. The third kappa shape index (κ3) is 5.55. The second kappa shape index (κ2) is 10.5. The van der Waals surface area contributed by atoms with E-state index in [1.54, 1.807) is 18.2 Å². The summed E-state index contributed by atoms with van der Waals surface area (Å²) in [6, 6.07) is 8.42. The third-order valence-electron chi connectivity index (χ3n) is 6.21. The Hall–Kier alpha value is -4.02. The first-order valence-corrected chi connectivity index (χ1v) is 11.7. The van der Waals surface area contributed by atoms with Crippen molar-refractivity contribution in [2.24, 2.45) is 0 Å². The van der Waals surface area contributed by atoms with Crippen molar-refractivity contribution < 1.29 is 32.5 Å². The summed E-state index contributed by atoms with van der Waals surface area (Å²) in [5.41, 5.74) is 0.369. The Kier molecular flexibility index (Phi) is 7.42. The molecule has 196 valence electrons. The molecule has 0 radical (unpaired) electrons. The van der Waals surface area contributed by atoms with Crippen molar-refractivity contribution in [1.29, 1.82) is 0 Å². The van der Waals surface area contributed by atoms with E-state index in [0.29, 0.717) is 58.8 Å². The quantitative estimate of drug-likeness (QED) is 0.397. The normalized spacial score (nSPS) is 12.8. The smallest absolute Gasteiger partial charge is 0.418 e. The number of ether oxygens (including phenoxy) is 2. The van der Waals surface area contributed by atoms with E-state index in [1.807, 2.05) is 0 Å². The fraction of sp³-hybridized carbons (Fsp3) is 0.346. The Bertz CT molecular complexity index is 1360. The lowest BCUT2D eigenvalue weighted by atomic mass is 10.0. The van der Waals surface area contributed by atoms with Gasteiger partial charge in [-0.15, -0.1) is 0 Å². The summed E-state index contributed by atoms with van der Waals surface area (Å²) in [5, 5.41) is 16.2. The molecule has 1 aromatic heterocycles. The molecule has 11 heteroatoms. The van der Waals surface area contributed by atoms with E-state index in [-0.39, 0.29) is 19.4 Å². The Morgan fingerprint density at radius 3 is 2.38 bits per heavy atom. The summed E-state index contributed by atoms with van der Waals surface area (Å²) in [4.78, 5) is 24.2. The fourth-order valence-corrected chi connectivity index (χ4v) is 4.44. The molecular weight excluding hydrogens is 491 g/mol. The minimum atomic E-state index is -4.74. The lowest BCUT2D eigenvalue weighted by molar-refractivity contribution is -0.138. The number of carboxylic acids is 1. The zero-order chi connectivity index (χ0) is 26.7. The summed E-state index contributed by atoms with van der Waals surface area (Å²) in [7, 11) is 2.98. The highest BCUT2D eigenvalue weighted by atomic mass is 19.4. The van der Waals surface area contributed by atoms with Crippen molar-refractivity contribution in [3.8, 4) is 28.4 Å². The first-order chi connectivity index (χ1) is 17.6. The van der Waals surface area contributed by atoms with Crippen molar-refractivity contribution in [2.45, 2.75) is 38.3 Å². The highest BCUT2D eigenvalue weighted by Crippen LogP contribution is 2.37. The number of nitrogens with zero attached hydrogens (tertiary/aromatic N) is 2. The van der Waals surface area contributed by atoms with Crippen LogP contribution in [-0.4, -0.2) is 41.6 Å². The van der Waals surface area contributed by atoms with E-state index in [1.165, 1.54) is 26.4 Å². The molecule has 4 rings (SSSR count). The molecule has 0 amide bonds. The minimum absolute atomic E-state index is 0.0836. The number of aliphatic carboxylic acids is 1. The average molecular weight is 518 g/mol. The molecule has 3 aromatic rings. The van der Waals surface area contributed by atoms with Gasteiger partial charge in [-0.05, 0) is 61.6 Å². The summed E-state index contributed by atoms with van der Waals surface area (Å²) in [6.45, 7) is 0.235. The number of carbonyl (C=O) groups is 1. The summed E-state index contributed by atoms with van der Waals surface area (Å²) in [6.07, 6.45) is -2.85. The van der Waals surface area contributed by atoms with Crippen LogP contribution >= 0.6 is 0 Å². The maximum absolute atomic E-state index is 14.0. The Labute approximate surface area is 210 Å². The van der Waals surface area contributed by atoms with Crippen LogP contribution in [0.25, 0.3) is 16.9 Å². The molecule has 1 heterocycles. The van der Waals surface area contributed by atoms with Gasteiger partial charge in [0.1, 0.15) is 11.5 Å². The molecule has 0 saturated carbocycles. The molecule has 1 aliphatic carbocycles. The molecule has 37 heavy (non-hydrogen) atoms. The van der Waals surface area contributed by atoms with E-state index in [9.17, 15) is 22.8 Å². The van der Waals surface area contributed by atoms with Gasteiger partial charge in [0.25, 0.3) is 5.56 Å². The number of methoxy groups -OCH3 is 2. The number of carboxylic acid groups (broad SMARTS) is 1. The number of nitrogens with one attached hydrogen (secondary N) is 1. The fourth-order valence-electron chi connectivity index (χ4n) is 4.44. The zero-order valence-corrected chi connectivity index (χ0v) is 20.3. The summed E-state index contributed by atoms with van der Waals surface area (Å²) < 4.78 is 53.6. The number of hydrogen-bond acceptors (Lipinski definition) is 6. The number of alkyl halides is 3. The van der Waals surface area contributed by atoms with E-state index in [4.69, 9.17) is 14.6 Å². The highest BCUT2D eigenvalue weighted by Gasteiger charge is 2.35. The minimum Gasteiger partial charge on any atom is -0.497 e. The van der Waals surface area contributed by atoms with Crippen LogP contribution in [-0.2, 0) is 23.8 Å². The second-order valence-corrected chi connectivity index (χ2v) is 8.63. The van der Waals surface area contributed by atoms with Gasteiger partial charge in [0, 0.05) is 35.8 Å². The molecule has 0 unspecified atom stereocenters. The predicted molar refractivity (Wildman–Crippen MR) is 131 cm³/mol. The third-order valence-corrected chi connectivity index (χ3v) is 6.21. The Balaban J connectivity index is 1.88. The van der Waals surface area contributed by atoms with Crippen molar-refractivity contribution in [1.82, 2.24) is 9.78 Å². The highest BCUT2D eigenvalue weighted by molar-refractivity contribution is 5.69. The molecule has 0 fully saturated rings. The molecular formula is C26H26F3N3O5. The molecule has 0 aliphatic heterocycles. The summed E-state index contributed by atoms with van der Waals surface area (Å²) >= 11 is 0. The standard InChI is InChI=1S/C26H26F3N3O5/c1-36-17-11-15(12-18(14-17)37-2)24-19-5-3-6-20(19)25(35)32(31-24)22-13-16(30-10-4-7-23(33)34)8-9-21(22)26(27,28)29/h8-9,11-14,30H,3-7,10H2,1-2H3,(H,33,34). The van der Waals surface area contributed by atoms with Gasteiger partial charge in [0.2, 0.25) is 0 Å². The van der Waals surface area contributed by atoms with Gasteiger partial charge < -0.3 is 19.9 Å². The van der Waals surface area contributed by atoms with E-state index in [2.05, 4.69) is 10.4 Å². The molecule has 1 aliphatic rings. The van der Waals surface area contributed by atoms with Gasteiger partial charge in [0.05, 0.1) is 31.2 Å². The van der Waals surface area contributed by atoms with E-state index >= 15 is 0 Å². The van der Waals surface area contributed by atoms with Gasteiger partial charge in [-0.2, -0.15) is 23.0 Å². The first kappa shape index (κ1) is 26.1. The number of rotatable bonds is 9. The van der Waals surface area contributed by atoms with Gasteiger partial charge in [-0.1, -0.05) is 0 Å². The van der Waals surface area contributed by atoms with Gasteiger partial charge >= 0.3 is 12.1 Å². The van der Waals surface area contributed by atoms with E-state index in [0.717, 1.165) is 10.7 Å². The lowest BCUT2D eigenvalue weighted by Crippen LogP contribution is -2.28. The Morgan fingerprint density at radius 1 is 1.08 bits per heavy atom. The maximum Gasteiger partial charge on any atom is 0.418 e. The van der Waals surface area contributed by atoms with Crippen LogP contribution < -0.4 is 20.3 Å². The molecule has 0 atom stereocenters. The van der Waals surface area contributed by atoms with Gasteiger partial charge in [0.15, 0.2) is 0 Å². The van der Waals surface area contributed by atoms with E-state index < -0.39 is 29.0 Å². The van der Waals surface area contributed by atoms with Crippen LogP contribution in [0.3, 0.4) is 0 Å². The summed E-state index contributed by atoms with van der Waals surface area (Å²) in [5.74, 6) is -0.0149. The molecule has 0 spiro atoms. The molecule has 2 aromatic carbocycles. The van der Waals surface area contributed by atoms with Crippen molar-refractivity contribution in [2.75, 3.05) is 26.1 Å². The van der Waals surface area contributed by atoms with Crippen molar-refractivity contribution in [3.05, 3.63) is 63.4 Å². The van der Waals surface area contributed by atoms with Gasteiger partial charge in [-0.25, -0.2) is 0 Å². The second-order valence-electron chi connectivity index (χ2n) is 8.63. The van der Waals surface area contributed by atoms with Crippen LogP contribution in [0.15, 0.2) is 41.2 Å². The van der Waals surface area contributed by atoms with Crippen LogP contribution in [0, 0.1) is 0 Å².